The average molecular weight is 203 g/mol. The highest BCUT2D eigenvalue weighted by atomic mass is 35.5. The topological polar surface area (TPSA) is 25.8 Å². The number of pyridine rings is 1. The van der Waals surface area contributed by atoms with Crippen LogP contribution in [0.4, 0.5) is 0 Å². The van der Waals surface area contributed by atoms with E-state index in [1.165, 1.54) is 11.3 Å². The third-order valence-corrected chi connectivity index (χ3v) is 2.92. The van der Waals surface area contributed by atoms with E-state index in [0.29, 0.717) is 5.02 Å². The van der Waals surface area contributed by atoms with Gasteiger partial charge in [-0.05, 0) is 0 Å². The summed E-state index contributed by atoms with van der Waals surface area (Å²) in [5, 5.41) is 0.639. The van der Waals surface area contributed by atoms with Gasteiger partial charge in [0.05, 0.1) is 15.9 Å². The summed E-state index contributed by atoms with van der Waals surface area (Å²) >= 11 is 11.4. The lowest BCUT2D eigenvalue weighted by Gasteiger charge is -1.87. The van der Waals surface area contributed by atoms with Crippen molar-refractivity contribution in [1.29, 1.82) is 0 Å². The number of aromatic nitrogens is 2. The molecule has 0 aliphatic rings. The molecule has 0 aliphatic carbocycles. The molecule has 0 N–H and O–H groups in total. The van der Waals surface area contributed by atoms with Gasteiger partial charge in [0.1, 0.15) is 9.86 Å². The number of hydrogen-bond donors (Lipinski definition) is 1. The summed E-state index contributed by atoms with van der Waals surface area (Å²) in [4.78, 5) is 8.01. The van der Waals surface area contributed by atoms with Crippen LogP contribution in [0.2, 0.25) is 5.02 Å². The van der Waals surface area contributed by atoms with E-state index in [1.54, 1.807) is 12.4 Å². The lowest BCUT2D eigenvalue weighted by Crippen LogP contribution is -1.71. The van der Waals surface area contributed by atoms with Gasteiger partial charge < -0.3 is 0 Å². The highest BCUT2D eigenvalue weighted by Crippen LogP contribution is 2.29. The highest BCUT2D eigenvalue weighted by Gasteiger charge is 2.03. The van der Waals surface area contributed by atoms with Crippen LogP contribution in [0, 0.1) is 0 Å². The fourth-order valence-electron chi connectivity index (χ4n) is 0.811. The number of hydrogen-bond acceptors (Lipinski definition) is 4. The van der Waals surface area contributed by atoms with Gasteiger partial charge in [-0.25, -0.2) is 4.98 Å². The molecular weight excluding hydrogens is 200 g/mol. The second-order valence-electron chi connectivity index (χ2n) is 1.97. The largest absolute Gasteiger partial charge is 0.261 e. The molecule has 0 saturated heterocycles. The first-order valence-corrected chi connectivity index (χ1v) is 4.50. The van der Waals surface area contributed by atoms with E-state index >= 15 is 0 Å². The van der Waals surface area contributed by atoms with Crippen LogP contribution in [0.3, 0.4) is 0 Å². The maximum absolute atomic E-state index is 5.84. The van der Waals surface area contributed by atoms with Gasteiger partial charge in [0.15, 0.2) is 0 Å². The van der Waals surface area contributed by atoms with Crippen molar-refractivity contribution in [2.45, 2.75) is 4.34 Å². The molecule has 11 heavy (non-hydrogen) atoms. The Balaban J connectivity index is 2.90. The predicted octanol–water partition coefficient (Wildman–Crippen LogP) is 2.63. The number of rotatable bonds is 0. The summed E-state index contributed by atoms with van der Waals surface area (Å²) in [7, 11) is 0. The summed E-state index contributed by atoms with van der Waals surface area (Å²) < 4.78 is 1.67. The minimum atomic E-state index is 0.639. The molecule has 0 fully saturated rings. The van der Waals surface area contributed by atoms with Crippen LogP contribution in [0.1, 0.15) is 0 Å². The Labute approximate surface area is 77.7 Å². The number of fused-ring (bicyclic) bond motifs is 1. The van der Waals surface area contributed by atoms with Gasteiger partial charge in [-0.15, -0.1) is 24.0 Å². The van der Waals surface area contributed by atoms with E-state index in [-0.39, 0.29) is 0 Å². The molecule has 0 radical (unpaired) electrons. The summed E-state index contributed by atoms with van der Waals surface area (Å²) in [5.74, 6) is 0. The molecule has 0 spiro atoms. The van der Waals surface area contributed by atoms with Crippen molar-refractivity contribution in [3.8, 4) is 0 Å². The van der Waals surface area contributed by atoms with Crippen LogP contribution in [0.5, 0.6) is 0 Å². The Hall–Kier alpha value is -0.320. The monoisotopic (exact) mass is 202 g/mol. The van der Waals surface area contributed by atoms with Gasteiger partial charge in [0, 0.05) is 6.20 Å². The molecule has 0 aromatic carbocycles. The molecule has 5 heteroatoms. The van der Waals surface area contributed by atoms with Crippen molar-refractivity contribution in [3.05, 3.63) is 17.4 Å². The second kappa shape index (κ2) is 2.62. The van der Waals surface area contributed by atoms with E-state index in [0.717, 1.165) is 14.6 Å². The maximum Gasteiger partial charge on any atom is 0.148 e. The lowest BCUT2D eigenvalue weighted by molar-refractivity contribution is 1.28. The van der Waals surface area contributed by atoms with E-state index < -0.39 is 0 Å². The third kappa shape index (κ3) is 1.21. The van der Waals surface area contributed by atoms with Crippen molar-refractivity contribution in [2.75, 3.05) is 0 Å². The zero-order valence-electron chi connectivity index (χ0n) is 5.28. The van der Waals surface area contributed by atoms with Crippen LogP contribution >= 0.6 is 35.6 Å². The molecule has 2 aromatic rings. The molecule has 2 nitrogen and oxygen atoms in total. The second-order valence-corrected chi connectivity index (χ2v) is 4.10. The van der Waals surface area contributed by atoms with Crippen molar-refractivity contribution in [2.24, 2.45) is 0 Å². The van der Waals surface area contributed by atoms with Gasteiger partial charge in [-0.2, -0.15) is 0 Å². The Bertz CT molecular complexity index is 398. The quantitative estimate of drug-likeness (QED) is 0.665. The molecule has 2 heterocycles. The average Bonchev–Trinajstić information content (AvgIpc) is 2.31. The Kier molecular flexibility index (Phi) is 1.75. The number of thiazole rings is 1. The molecule has 0 atom stereocenters. The first kappa shape index (κ1) is 7.34. The minimum Gasteiger partial charge on any atom is -0.261 e. The Morgan fingerprint density at radius 2 is 2.27 bits per heavy atom. The zero-order valence-corrected chi connectivity index (χ0v) is 7.75. The van der Waals surface area contributed by atoms with E-state index in [4.69, 9.17) is 11.6 Å². The zero-order chi connectivity index (χ0) is 7.84. The molecule has 0 amide bonds. The van der Waals surface area contributed by atoms with Crippen LogP contribution in [-0.2, 0) is 0 Å². The standard InChI is InChI=1S/C6H3ClN2S2/c7-3-1-8-2-4-5(3)11-6(10)9-4/h1-2H,(H,9,10). The van der Waals surface area contributed by atoms with Crippen LogP contribution in [0.25, 0.3) is 10.2 Å². The molecular formula is C6H3ClN2S2. The maximum atomic E-state index is 5.84. The highest BCUT2D eigenvalue weighted by molar-refractivity contribution is 7.83. The van der Waals surface area contributed by atoms with Gasteiger partial charge in [0.2, 0.25) is 0 Å². The van der Waals surface area contributed by atoms with Crippen LogP contribution in [-0.4, -0.2) is 9.97 Å². The van der Waals surface area contributed by atoms with Crippen LogP contribution in [0.15, 0.2) is 16.7 Å². The van der Waals surface area contributed by atoms with E-state index in [2.05, 4.69) is 22.6 Å². The molecule has 0 unspecified atom stereocenters. The fraction of sp³-hybridized carbons (Fsp3) is 0. The van der Waals surface area contributed by atoms with Gasteiger partial charge in [-0.1, -0.05) is 11.6 Å². The molecule has 2 rings (SSSR count). The van der Waals surface area contributed by atoms with E-state index in [9.17, 15) is 0 Å². The summed E-state index contributed by atoms with van der Waals surface area (Å²) in [6.07, 6.45) is 3.28. The lowest BCUT2D eigenvalue weighted by atomic mass is 10.4. The Morgan fingerprint density at radius 1 is 1.45 bits per heavy atom. The number of halogens is 1. The first-order valence-electron chi connectivity index (χ1n) is 2.86. The molecule has 56 valence electrons. The number of nitrogens with zero attached hydrogens (tertiary/aromatic N) is 2. The van der Waals surface area contributed by atoms with Gasteiger partial charge >= 0.3 is 0 Å². The molecule has 0 aliphatic heterocycles. The van der Waals surface area contributed by atoms with Crippen LogP contribution < -0.4 is 0 Å². The summed E-state index contributed by atoms with van der Waals surface area (Å²) in [6.45, 7) is 0. The third-order valence-electron chi connectivity index (χ3n) is 1.24. The first-order chi connectivity index (χ1) is 5.27. The van der Waals surface area contributed by atoms with Gasteiger partial charge in [-0.3, -0.25) is 4.98 Å². The van der Waals surface area contributed by atoms with Crippen molar-refractivity contribution >= 4 is 45.8 Å². The fourth-order valence-corrected chi connectivity index (χ4v) is 2.14. The van der Waals surface area contributed by atoms with Crippen molar-refractivity contribution in [3.63, 3.8) is 0 Å². The smallest absolute Gasteiger partial charge is 0.148 e. The van der Waals surface area contributed by atoms with Crippen molar-refractivity contribution in [1.82, 2.24) is 9.97 Å². The SMILES string of the molecule is Sc1nc2cncc(Cl)c2s1. The van der Waals surface area contributed by atoms with E-state index in [1.807, 2.05) is 0 Å². The number of thiol groups is 1. The molecule has 0 saturated carbocycles. The molecule has 0 bridgehead atoms. The van der Waals surface area contributed by atoms with Gasteiger partial charge in [0.25, 0.3) is 0 Å². The summed E-state index contributed by atoms with van der Waals surface area (Å²) in [6, 6.07) is 0. The van der Waals surface area contributed by atoms with Crippen molar-refractivity contribution < 1.29 is 0 Å². The molecule has 2 aromatic heterocycles. The predicted molar refractivity (Wildman–Crippen MR) is 49.7 cm³/mol. The minimum absolute atomic E-state index is 0.639. The Morgan fingerprint density at radius 3 is 3.00 bits per heavy atom. The normalized spacial score (nSPS) is 10.7. The summed E-state index contributed by atoms with van der Waals surface area (Å²) in [5.41, 5.74) is 0.813.